The van der Waals surface area contributed by atoms with Crippen molar-refractivity contribution in [1.29, 1.82) is 0 Å². The number of amides is 1. The lowest BCUT2D eigenvalue weighted by Gasteiger charge is -2.50. The highest BCUT2D eigenvalue weighted by Gasteiger charge is 2.63. The Morgan fingerprint density at radius 1 is 1.05 bits per heavy atom. The zero-order valence-corrected chi connectivity index (χ0v) is 22.1. The van der Waals surface area contributed by atoms with Gasteiger partial charge in [0.15, 0.2) is 11.4 Å². The van der Waals surface area contributed by atoms with E-state index in [-0.39, 0.29) is 29.7 Å². The second kappa shape index (κ2) is 8.96. The van der Waals surface area contributed by atoms with E-state index >= 15 is 0 Å². The largest absolute Gasteiger partial charge is 0.510 e. The first-order chi connectivity index (χ1) is 18.3. The van der Waals surface area contributed by atoms with E-state index in [9.17, 15) is 34.8 Å². The first-order valence-corrected chi connectivity index (χ1v) is 12.6. The number of aliphatic hydroxyl groups excluding tert-OH is 2. The Morgan fingerprint density at radius 2 is 1.69 bits per heavy atom. The van der Waals surface area contributed by atoms with Crippen LogP contribution in [-0.4, -0.2) is 82.6 Å². The summed E-state index contributed by atoms with van der Waals surface area (Å²) in [7, 11) is 6.84. The van der Waals surface area contributed by atoms with Gasteiger partial charge >= 0.3 is 0 Å². The monoisotopic (exact) mass is 533 g/mol. The van der Waals surface area contributed by atoms with E-state index in [2.05, 4.69) is 0 Å². The molecule has 0 unspecified atom stereocenters. The molecule has 2 aromatic carbocycles. The molecule has 0 spiro atoms. The van der Waals surface area contributed by atoms with Gasteiger partial charge in [0, 0.05) is 36.8 Å². The van der Waals surface area contributed by atoms with Crippen LogP contribution >= 0.6 is 0 Å². The maximum atomic E-state index is 14.1. The molecule has 3 aliphatic carbocycles. The van der Waals surface area contributed by atoms with E-state index in [1.54, 1.807) is 26.2 Å². The van der Waals surface area contributed by atoms with E-state index in [1.807, 2.05) is 43.3 Å². The average Bonchev–Trinajstić information content (AvgIpc) is 2.86. The number of Topliss-reactive ketones (excluding diaryl/α,β-unsaturated/α-hetero) is 2. The Hall–Kier alpha value is -4.15. The molecule has 39 heavy (non-hydrogen) atoms. The summed E-state index contributed by atoms with van der Waals surface area (Å²) >= 11 is 0. The van der Waals surface area contributed by atoms with Crippen molar-refractivity contribution < 1.29 is 34.8 Å². The van der Waals surface area contributed by atoms with Crippen LogP contribution in [0.25, 0.3) is 11.1 Å². The number of carbonyl (C=O) groups excluding carboxylic acids is 3. The summed E-state index contributed by atoms with van der Waals surface area (Å²) in [4.78, 5) is 43.0. The summed E-state index contributed by atoms with van der Waals surface area (Å²) < 4.78 is 0. The van der Waals surface area contributed by atoms with Crippen LogP contribution in [0.1, 0.15) is 22.3 Å². The van der Waals surface area contributed by atoms with Gasteiger partial charge in [-0.3, -0.25) is 19.3 Å². The van der Waals surface area contributed by atoms with Crippen molar-refractivity contribution in [2.24, 2.45) is 17.6 Å². The number of fused-ring (bicyclic) bond motifs is 3. The molecule has 6 N–H and O–H groups in total. The maximum absolute atomic E-state index is 14.1. The first-order valence-electron chi connectivity index (χ1n) is 12.6. The third kappa shape index (κ3) is 3.59. The normalized spacial score (nSPS) is 26.4. The number of aromatic hydroxyl groups is 1. The minimum absolute atomic E-state index is 0.0131. The molecule has 0 aromatic heterocycles. The highest BCUT2D eigenvalue weighted by molar-refractivity contribution is 6.25. The number of anilines is 1. The van der Waals surface area contributed by atoms with Gasteiger partial charge in [0.25, 0.3) is 5.91 Å². The van der Waals surface area contributed by atoms with Crippen LogP contribution in [-0.2, 0) is 16.0 Å². The summed E-state index contributed by atoms with van der Waals surface area (Å²) in [6.07, 6.45) is 0.268. The maximum Gasteiger partial charge on any atom is 0.255 e. The number of aliphatic hydroxyl groups is 3. The molecular formula is C29H31N3O7. The molecule has 5 rings (SSSR count). The van der Waals surface area contributed by atoms with Crippen molar-refractivity contribution in [2.45, 2.75) is 24.5 Å². The Kier molecular flexibility index (Phi) is 6.08. The standard InChI is InChI=1S/C29H31N3O7/c1-31(2)18-12-15(13-8-6-5-7-9-13)23(33)20-16(18)10-14-11-17-22(32(3)4)25(35)21(28(30)38)27(37)29(17,39)26(36)19(14)24(20)34/h5-9,12,14,17,22,33,35-36,39H,10-11H2,1-4H3,(H2,30,38)/t14-,17-,22-,29-/m0/s1. The molecule has 204 valence electrons. The molecule has 0 saturated heterocycles. The summed E-state index contributed by atoms with van der Waals surface area (Å²) in [6.45, 7) is 0. The average molecular weight is 534 g/mol. The van der Waals surface area contributed by atoms with Crippen LogP contribution in [0, 0.1) is 11.8 Å². The Labute approximate surface area is 225 Å². The predicted molar refractivity (Wildman–Crippen MR) is 143 cm³/mol. The van der Waals surface area contributed by atoms with Crippen LogP contribution in [0.4, 0.5) is 5.69 Å². The Balaban J connectivity index is 1.76. The molecule has 3 aliphatic rings. The second-order valence-electron chi connectivity index (χ2n) is 10.9. The lowest BCUT2D eigenvalue weighted by molar-refractivity contribution is -0.148. The number of nitrogens with two attached hydrogens (primary N) is 1. The van der Waals surface area contributed by atoms with Crippen LogP contribution in [0.2, 0.25) is 0 Å². The number of hydrogen-bond acceptors (Lipinski definition) is 9. The summed E-state index contributed by atoms with van der Waals surface area (Å²) in [6, 6.07) is 9.83. The van der Waals surface area contributed by atoms with Crippen molar-refractivity contribution in [3.63, 3.8) is 0 Å². The molecule has 0 aliphatic heterocycles. The van der Waals surface area contributed by atoms with Gasteiger partial charge in [-0.15, -0.1) is 0 Å². The van der Waals surface area contributed by atoms with Gasteiger partial charge in [-0.05, 0) is 50.0 Å². The predicted octanol–water partition coefficient (Wildman–Crippen LogP) is 1.85. The van der Waals surface area contributed by atoms with Crippen LogP contribution < -0.4 is 10.6 Å². The molecule has 10 nitrogen and oxygen atoms in total. The lowest BCUT2D eigenvalue weighted by Crippen LogP contribution is -2.63. The van der Waals surface area contributed by atoms with Crippen LogP contribution in [0.15, 0.2) is 59.1 Å². The fourth-order valence-electron chi connectivity index (χ4n) is 6.54. The fourth-order valence-corrected chi connectivity index (χ4v) is 6.54. The van der Waals surface area contributed by atoms with Crippen molar-refractivity contribution in [2.75, 3.05) is 33.1 Å². The van der Waals surface area contributed by atoms with Gasteiger partial charge in [-0.2, -0.15) is 0 Å². The van der Waals surface area contributed by atoms with Crippen molar-refractivity contribution in [1.82, 2.24) is 4.90 Å². The molecule has 0 heterocycles. The third-order valence-electron chi connectivity index (χ3n) is 8.27. The second-order valence-corrected chi connectivity index (χ2v) is 10.9. The Morgan fingerprint density at radius 3 is 2.26 bits per heavy atom. The number of phenolic OH excluding ortho intramolecular Hbond substituents is 1. The number of carbonyl (C=O) groups is 3. The van der Waals surface area contributed by atoms with Crippen molar-refractivity contribution in [3.8, 4) is 16.9 Å². The summed E-state index contributed by atoms with van der Waals surface area (Å²) in [5, 5.41) is 45.5. The van der Waals surface area contributed by atoms with Gasteiger partial charge in [-0.25, -0.2) is 0 Å². The number of ketones is 2. The van der Waals surface area contributed by atoms with E-state index in [0.29, 0.717) is 22.4 Å². The molecule has 4 atom stereocenters. The third-order valence-corrected chi connectivity index (χ3v) is 8.27. The number of likely N-dealkylation sites (N-methyl/N-ethyl adjacent to an activating group) is 1. The highest BCUT2D eigenvalue weighted by atomic mass is 16.3. The topological polar surface area (TPSA) is 165 Å². The molecule has 0 radical (unpaired) electrons. The highest BCUT2D eigenvalue weighted by Crippen LogP contribution is 2.54. The fraction of sp³-hybridized carbons (Fsp3) is 0.345. The molecule has 0 fully saturated rings. The van der Waals surface area contributed by atoms with Crippen molar-refractivity contribution >= 4 is 23.2 Å². The van der Waals surface area contributed by atoms with Gasteiger partial charge in [0.1, 0.15) is 22.8 Å². The van der Waals surface area contributed by atoms with E-state index in [1.165, 1.54) is 4.90 Å². The molecular weight excluding hydrogens is 502 g/mol. The van der Waals surface area contributed by atoms with Gasteiger partial charge in [0.2, 0.25) is 5.78 Å². The van der Waals surface area contributed by atoms with E-state index in [0.717, 1.165) is 0 Å². The van der Waals surface area contributed by atoms with Gasteiger partial charge in [0.05, 0.1) is 11.6 Å². The molecule has 1 amide bonds. The van der Waals surface area contributed by atoms with Gasteiger partial charge in [-0.1, -0.05) is 30.3 Å². The van der Waals surface area contributed by atoms with E-state index < -0.39 is 58.0 Å². The number of hydrogen-bond donors (Lipinski definition) is 5. The van der Waals surface area contributed by atoms with Gasteiger partial charge < -0.3 is 31.1 Å². The number of benzene rings is 2. The summed E-state index contributed by atoms with van der Waals surface area (Å²) in [5.74, 6) is -6.65. The molecule has 2 aromatic rings. The van der Waals surface area contributed by atoms with E-state index in [4.69, 9.17) is 5.73 Å². The minimum Gasteiger partial charge on any atom is -0.510 e. The minimum atomic E-state index is -2.67. The number of nitrogens with zero attached hydrogens (tertiary/aromatic N) is 2. The lowest BCUT2D eigenvalue weighted by atomic mass is 9.58. The van der Waals surface area contributed by atoms with Crippen LogP contribution in [0.5, 0.6) is 5.75 Å². The number of allylic oxidation sites excluding steroid dienone is 1. The number of phenols is 1. The number of primary amides is 1. The zero-order valence-electron chi connectivity index (χ0n) is 22.1. The first kappa shape index (κ1) is 26.5. The van der Waals surface area contributed by atoms with Crippen molar-refractivity contribution in [3.05, 3.63) is 70.2 Å². The smallest absolute Gasteiger partial charge is 0.255 e. The molecule has 0 bridgehead atoms. The molecule has 10 heteroatoms. The Bertz CT molecular complexity index is 1490. The SMILES string of the molecule is CN(C)c1cc(-c2ccccc2)c(O)c2c1C[C@H]1C[C@H]3[C@H](N(C)C)C(O)=C(C(N)=O)C(=O)[C@@]3(O)C(O)=C1C2=O. The zero-order chi connectivity index (χ0) is 28.5. The van der Waals surface area contributed by atoms with Crippen LogP contribution in [0.3, 0.4) is 0 Å². The molecule has 0 saturated carbocycles. The quantitative estimate of drug-likeness (QED) is 0.369. The summed E-state index contributed by atoms with van der Waals surface area (Å²) in [5.41, 5.74) is 4.09. The number of rotatable bonds is 4.